The van der Waals surface area contributed by atoms with Crippen LogP contribution in [0.4, 0.5) is 0 Å². The number of aliphatic hydroxyl groups excluding tert-OH is 2. The maximum absolute atomic E-state index is 10.5. The van der Waals surface area contributed by atoms with E-state index in [1.807, 2.05) is 6.08 Å². The van der Waals surface area contributed by atoms with E-state index in [1.165, 1.54) is 38.5 Å². The van der Waals surface area contributed by atoms with Crippen LogP contribution in [-0.2, 0) is 0 Å². The van der Waals surface area contributed by atoms with E-state index in [1.54, 1.807) is 5.57 Å². The number of allylic oxidation sites excluding steroid dienone is 2. The summed E-state index contributed by atoms with van der Waals surface area (Å²) in [6.45, 7) is 7.70. The second kappa shape index (κ2) is 12.0. The molecule has 156 valence electrons. The van der Waals surface area contributed by atoms with E-state index in [0.717, 1.165) is 32.2 Å². The first-order valence-corrected chi connectivity index (χ1v) is 11.5. The minimum Gasteiger partial charge on any atom is -0.392 e. The molecule has 0 heterocycles. The number of unbranched alkanes of at least 4 members (excludes halogenated alkanes) is 4. The summed E-state index contributed by atoms with van der Waals surface area (Å²) < 4.78 is 0. The van der Waals surface area contributed by atoms with E-state index in [4.69, 9.17) is 0 Å². The molecule has 0 aliphatic heterocycles. The third kappa shape index (κ3) is 7.71. The van der Waals surface area contributed by atoms with Crippen molar-refractivity contribution in [2.24, 2.45) is 17.8 Å². The summed E-state index contributed by atoms with van der Waals surface area (Å²) in [5, 5.41) is 24.1. The van der Waals surface area contributed by atoms with Crippen molar-refractivity contribution in [3.63, 3.8) is 0 Å². The molecule has 0 spiro atoms. The van der Waals surface area contributed by atoms with Crippen LogP contribution in [-0.4, -0.2) is 35.0 Å². The molecule has 0 saturated heterocycles. The quantitative estimate of drug-likeness (QED) is 0.332. The fraction of sp³-hybridized carbons (Fsp3) is 0.833. The van der Waals surface area contributed by atoms with E-state index < -0.39 is 0 Å². The van der Waals surface area contributed by atoms with Crippen molar-refractivity contribution >= 4 is 0 Å². The predicted octanol–water partition coefficient (Wildman–Crippen LogP) is 4.99. The summed E-state index contributed by atoms with van der Waals surface area (Å²) in [6, 6.07) is 0.583. The molecule has 0 amide bonds. The molecule has 0 aromatic carbocycles. The summed E-state index contributed by atoms with van der Waals surface area (Å²) >= 11 is 0. The number of nitrogens with one attached hydrogen (secondary N) is 1. The molecule has 2 saturated carbocycles. The third-order valence-electron chi connectivity index (χ3n) is 6.39. The molecule has 2 aliphatic rings. The Kier molecular flexibility index (Phi) is 10.1. The molecule has 0 aromatic heterocycles. The Labute approximate surface area is 167 Å². The molecule has 0 unspecified atom stereocenters. The first-order valence-electron chi connectivity index (χ1n) is 11.5. The van der Waals surface area contributed by atoms with Crippen LogP contribution in [0.2, 0.25) is 0 Å². The summed E-state index contributed by atoms with van der Waals surface area (Å²) in [5.74, 6) is 1.45. The molecule has 0 bridgehead atoms. The summed E-state index contributed by atoms with van der Waals surface area (Å²) in [5.41, 5.74) is 1.61. The van der Waals surface area contributed by atoms with Gasteiger partial charge in [-0.15, -0.1) is 0 Å². The van der Waals surface area contributed by atoms with Crippen LogP contribution in [0.15, 0.2) is 23.8 Å². The van der Waals surface area contributed by atoms with Gasteiger partial charge in [0.05, 0.1) is 12.2 Å². The first kappa shape index (κ1) is 22.6. The smallest absolute Gasteiger partial charge is 0.0721 e. The number of rotatable bonds is 12. The van der Waals surface area contributed by atoms with Gasteiger partial charge < -0.3 is 15.5 Å². The molecule has 3 N–H and O–H groups in total. The Morgan fingerprint density at radius 1 is 1.15 bits per heavy atom. The van der Waals surface area contributed by atoms with Gasteiger partial charge in [-0.05, 0) is 63.3 Å². The SMILES string of the molecule is CCCCC[C@H](O)C=C[C@@H]1[C@H]2CC(=CCCCCNC(C)C)C[C@H]2C[C@H]1O. The lowest BCUT2D eigenvalue weighted by Crippen LogP contribution is -2.23. The number of hydrogen-bond donors (Lipinski definition) is 3. The Hall–Kier alpha value is -0.640. The van der Waals surface area contributed by atoms with Crippen LogP contribution in [0.1, 0.15) is 85.0 Å². The van der Waals surface area contributed by atoms with Crippen molar-refractivity contribution < 1.29 is 10.2 Å². The highest BCUT2D eigenvalue weighted by Gasteiger charge is 2.44. The maximum atomic E-state index is 10.5. The van der Waals surface area contributed by atoms with Gasteiger partial charge in [0.25, 0.3) is 0 Å². The average molecular weight is 378 g/mol. The molecule has 0 radical (unpaired) electrons. The molecular weight excluding hydrogens is 334 g/mol. The van der Waals surface area contributed by atoms with Crippen molar-refractivity contribution in [2.45, 2.75) is 103 Å². The van der Waals surface area contributed by atoms with Crippen LogP contribution in [0.25, 0.3) is 0 Å². The summed E-state index contributed by atoms with van der Waals surface area (Å²) in [4.78, 5) is 0. The largest absolute Gasteiger partial charge is 0.392 e. The lowest BCUT2D eigenvalue weighted by atomic mass is 9.90. The van der Waals surface area contributed by atoms with Crippen molar-refractivity contribution in [2.75, 3.05) is 6.54 Å². The second-order valence-electron chi connectivity index (χ2n) is 9.13. The molecule has 2 fully saturated rings. The predicted molar refractivity (Wildman–Crippen MR) is 115 cm³/mol. The molecule has 2 aliphatic carbocycles. The average Bonchev–Trinajstić information content (AvgIpc) is 3.12. The van der Waals surface area contributed by atoms with E-state index >= 15 is 0 Å². The van der Waals surface area contributed by atoms with E-state index in [0.29, 0.717) is 17.9 Å². The van der Waals surface area contributed by atoms with Gasteiger partial charge in [0, 0.05) is 12.0 Å². The van der Waals surface area contributed by atoms with Gasteiger partial charge in [0.15, 0.2) is 0 Å². The van der Waals surface area contributed by atoms with E-state index in [-0.39, 0.29) is 18.1 Å². The second-order valence-corrected chi connectivity index (χ2v) is 9.13. The van der Waals surface area contributed by atoms with E-state index in [2.05, 4.69) is 38.2 Å². The van der Waals surface area contributed by atoms with Crippen LogP contribution >= 0.6 is 0 Å². The molecule has 2 rings (SSSR count). The van der Waals surface area contributed by atoms with Gasteiger partial charge in [0.2, 0.25) is 0 Å². The van der Waals surface area contributed by atoms with E-state index in [9.17, 15) is 10.2 Å². The lowest BCUT2D eigenvalue weighted by molar-refractivity contribution is 0.139. The topological polar surface area (TPSA) is 52.5 Å². The van der Waals surface area contributed by atoms with Gasteiger partial charge >= 0.3 is 0 Å². The highest BCUT2D eigenvalue weighted by atomic mass is 16.3. The van der Waals surface area contributed by atoms with Gasteiger partial charge in [-0.3, -0.25) is 0 Å². The zero-order chi connectivity index (χ0) is 19.6. The molecular formula is C24H43NO2. The molecule has 0 aromatic rings. The number of aliphatic hydroxyl groups is 2. The van der Waals surface area contributed by atoms with Gasteiger partial charge in [-0.2, -0.15) is 0 Å². The Morgan fingerprint density at radius 3 is 2.70 bits per heavy atom. The Bertz CT molecular complexity index is 471. The standard InChI is InChI=1S/C24H43NO2/c1-4-5-7-11-21(26)12-13-22-23-16-19(15-20(23)17-24(22)27)10-8-6-9-14-25-18(2)3/h10,12-13,18,20-27H,4-9,11,14-17H2,1-3H3/t20-,21-,22+,23-,24+/m0/s1. The highest BCUT2D eigenvalue weighted by molar-refractivity contribution is 5.17. The van der Waals surface area contributed by atoms with Gasteiger partial charge in [0.1, 0.15) is 0 Å². The van der Waals surface area contributed by atoms with Crippen LogP contribution in [0.5, 0.6) is 0 Å². The van der Waals surface area contributed by atoms with Crippen molar-refractivity contribution in [1.82, 2.24) is 5.32 Å². The molecule has 3 nitrogen and oxygen atoms in total. The summed E-state index contributed by atoms with van der Waals surface area (Å²) in [6.07, 6.45) is 17.2. The molecule has 5 atom stereocenters. The monoisotopic (exact) mass is 377 g/mol. The Balaban J connectivity index is 1.74. The molecule has 27 heavy (non-hydrogen) atoms. The van der Waals surface area contributed by atoms with Crippen LogP contribution in [0.3, 0.4) is 0 Å². The van der Waals surface area contributed by atoms with Crippen LogP contribution < -0.4 is 5.32 Å². The van der Waals surface area contributed by atoms with Crippen molar-refractivity contribution in [1.29, 1.82) is 0 Å². The van der Waals surface area contributed by atoms with Crippen molar-refractivity contribution in [3.8, 4) is 0 Å². The van der Waals surface area contributed by atoms with Gasteiger partial charge in [-0.25, -0.2) is 0 Å². The minimum absolute atomic E-state index is 0.220. The normalized spacial score (nSPS) is 30.7. The van der Waals surface area contributed by atoms with Crippen LogP contribution in [0, 0.1) is 17.8 Å². The zero-order valence-electron chi connectivity index (χ0n) is 17.9. The van der Waals surface area contributed by atoms with Gasteiger partial charge in [-0.1, -0.05) is 63.8 Å². The first-order chi connectivity index (χ1) is 13.0. The highest BCUT2D eigenvalue weighted by Crippen LogP contribution is 2.50. The minimum atomic E-state index is -0.348. The Morgan fingerprint density at radius 2 is 1.96 bits per heavy atom. The summed E-state index contributed by atoms with van der Waals surface area (Å²) in [7, 11) is 0. The zero-order valence-corrected chi connectivity index (χ0v) is 17.9. The lowest BCUT2D eigenvalue weighted by Gasteiger charge is -2.17. The maximum Gasteiger partial charge on any atom is 0.0721 e. The number of hydrogen-bond acceptors (Lipinski definition) is 3. The third-order valence-corrected chi connectivity index (χ3v) is 6.39. The van der Waals surface area contributed by atoms with Crippen molar-refractivity contribution in [3.05, 3.63) is 23.8 Å². The number of fused-ring (bicyclic) bond motifs is 1. The fourth-order valence-electron chi connectivity index (χ4n) is 4.86. The fourth-order valence-corrected chi connectivity index (χ4v) is 4.86. The molecule has 3 heteroatoms.